The number of nitrogens with zero attached hydrogens (tertiary/aromatic N) is 2. The van der Waals surface area contributed by atoms with E-state index in [0.717, 1.165) is 11.3 Å². The van der Waals surface area contributed by atoms with Crippen LogP contribution in [0.5, 0.6) is 0 Å². The van der Waals surface area contributed by atoms with Crippen molar-refractivity contribution in [1.82, 2.24) is 9.80 Å². The fraction of sp³-hybridized carbons (Fsp3) is 0.467. The van der Waals surface area contributed by atoms with Crippen molar-refractivity contribution in [3.63, 3.8) is 0 Å². The molecule has 2 amide bonds. The molecule has 1 aliphatic rings. The zero-order valence-corrected chi connectivity index (χ0v) is 12.6. The van der Waals surface area contributed by atoms with Crippen molar-refractivity contribution in [1.29, 1.82) is 0 Å². The lowest BCUT2D eigenvalue weighted by molar-refractivity contribution is -0.140. The number of carbonyl (C=O) groups is 2. The number of rotatable bonds is 4. The second-order valence-electron chi connectivity index (χ2n) is 4.89. The molecule has 2 rings (SSSR count). The van der Waals surface area contributed by atoms with Gasteiger partial charge in [-0.15, -0.1) is 11.3 Å². The summed E-state index contributed by atoms with van der Waals surface area (Å²) in [5, 5.41) is 1.99. The first-order valence-electron chi connectivity index (χ1n) is 6.89. The molecule has 0 N–H and O–H groups in total. The Hall–Kier alpha value is -1.62. The third-order valence-corrected chi connectivity index (χ3v) is 4.54. The van der Waals surface area contributed by atoms with Crippen molar-refractivity contribution in [2.24, 2.45) is 0 Å². The van der Waals surface area contributed by atoms with E-state index in [1.54, 1.807) is 16.2 Å². The number of carbonyl (C=O) groups excluding carboxylic acids is 2. The smallest absolute Gasteiger partial charge is 0.246 e. The molecule has 2 heterocycles. The van der Waals surface area contributed by atoms with Crippen molar-refractivity contribution >= 4 is 23.2 Å². The third kappa shape index (κ3) is 3.28. The standard InChI is InChI=1S/C15H20N2O2S/c1-3-12-11-16(14(18)4-2)7-8-17(12)15(19)10-13-6-5-9-20-13/h4-6,9,12H,2-3,7-8,10-11H2,1H3. The minimum absolute atomic E-state index is 0.0474. The predicted molar refractivity (Wildman–Crippen MR) is 80.6 cm³/mol. The molecule has 0 aromatic carbocycles. The van der Waals surface area contributed by atoms with Crippen molar-refractivity contribution in [2.45, 2.75) is 25.8 Å². The first kappa shape index (κ1) is 14.8. The summed E-state index contributed by atoms with van der Waals surface area (Å²) >= 11 is 1.61. The van der Waals surface area contributed by atoms with Crippen LogP contribution >= 0.6 is 11.3 Å². The molecule has 0 aliphatic carbocycles. The molecule has 1 aromatic heterocycles. The van der Waals surface area contributed by atoms with Gasteiger partial charge in [-0.05, 0) is 23.9 Å². The van der Waals surface area contributed by atoms with Crippen LogP contribution in [0.4, 0.5) is 0 Å². The second-order valence-corrected chi connectivity index (χ2v) is 5.93. The fourth-order valence-corrected chi connectivity index (χ4v) is 3.22. The Balaban J connectivity index is 1.99. The van der Waals surface area contributed by atoms with Gasteiger partial charge in [0.2, 0.25) is 11.8 Å². The molecule has 1 fully saturated rings. The molecule has 1 unspecified atom stereocenters. The van der Waals surface area contributed by atoms with Crippen LogP contribution in [0.15, 0.2) is 30.2 Å². The van der Waals surface area contributed by atoms with E-state index in [1.165, 1.54) is 6.08 Å². The Labute approximate surface area is 123 Å². The molecule has 5 heteroatoms. The van der Waals surface area contributed by atoms with Crippen LogP contribution in [-0.4, -0.2) is 47.3 Å². The van der Waals surface area contributed by atoms with E-state index in [0.29, 0.717) is 26.1 Å². The van der Waals surface area contributed by atoms with Gasteiger partial charge in [0, 0.05) is 30.6 Å². The number of piperazine rings is 1. The summed E-state index contributed by atoms with van der Waals surface area (Å²) in [6.07, 6.45) is 2.66. The molecule has 0 spiro atoms. The van der Waals surface area contributed by atoms with Crippen molar-refractivity contribution in [3.05, 3.63) is 35.0 Å². The molecule has 1 atom stereocenters. The van der Waals surface area contributed by atoms with Gasteiger partial charge in [-0.3, -0.25) is 9.59 Å². The maximum atomic E-state index is 12.4. The summed E-state index contributed by atoms with van der Waals surface area (Å²) in [6, 6.07) is 4.06. The molecule has 0 saturated carbocycles. The normalized spacial score (nSPS) is 18.9. The summed E-state index contributed by atoms with van der Waals surface area (Å²) in [5.41, 5.74) is 0. The van der Waals surface area contributed by atoms with Gasteiger partial charge in [0.15, 0.2) is 0 Å². The van der Waals surface area contributed by atoms with Gasteiger partial charge in [-0.25, -0.2) is 0 Å². The zero-order valence-electron chi connectivity index (χ0n) is 11.7. The average molecular weight is 292 g/mol. The van der Waals surface area contributed by atoms with Gasteiger partial charge in [-0.1, -0.05) is 19.6 Å². The summed E-state index contributed by atoms with van der Waals surface area (Å²) < 4.78 is 0. The number of hydrogen-bond donors (Lipinski definition) is 0. The molecular weight excluding hydrogens is 272 g/mol. The number of thiophene rings is 1. The van der Waals surface area contributed by atoms with E-state index >= 15 is 0 Å². The van der Waals surface area contributed by atoms with Crippen LogP contribution in [0, 0.1) is 0 Å². The van der Waals surface area contributed by atoms with Gasteiger partial charge in [-0.2, -0.15) is 0 Å². The molecule has 0 radical (unpaired) electrons. The first-order valence-corrected chi connectivity index (χ1v) is 7.76. The Kier molecular flexibility index (Phi) is 4.95. The fourth-order valence-electron chi connectivity index (χ4n) is 2.53. The molecule has 20 heavy (non-hydrogen) atoms. The van der Waals surface area contributed by atoms with Crippen LogP contribution in [-0.2, 0) is 16.0 Å². The van der Waals surface area contributed by atoms with Crippen molar-refractivity contribution in [3.8, 4) is 0 Å². The molecule has 0 bridgehead atoms. The van der Waals surface area contributed by atoms with E-state index in [4.69, 9.17) is 0 Å². The Morgan fingerprint density at radius 3 is 2.90 bits per heavy atom. The molecule has 1 aliphatic heterocycles. The van der Waals surface area contributed by atoms with E-state index in [-0.39, 0.29) is 17.9 Å². The van der Waals surface area contributed by atoms with Crippen molar-refractivity contribution in [2.75, 3.05) is 19.6 Å². The Bertz CT molecular complexity index is 484. The Morgan fingerprint density at radius 1 is 1.50 bits per heavy atom. The average Bonchev–Trinajstić information content (AvgIpc) is 2.98. The van der Waals surface area contributed by atoms with Gasteiger partial charge in [0.05, 0.1) is 6.42 Å². The van der Waals surface area contributed by atoms with Gasteiger partial charge in [0.1, 0.15) is 0 Å². The number of amides is 2. The lowest BCUT2D eigenvalue weighted by atomic mass is 10.1. The third-order valence-electron chi connectivity index (χ3n) is 3.67. The van der Waals surface area contributed by atoms with Crippen LogP contribution in [0.25, 0.3) is 0 Å². The highest BCUT2D eigenvalue weighted by molar-refractivity contribution is 7.10. The molecular formula is C15H20N2O2S. The Morgan fingerprint density at radius 2 is 2.30 bits per heavy atom. The van der Waals surface area contributed by atoms with Crippen LogP contribution < -0.4 is 0 Å². The van der Waals surface area contributed by atoms with E-state index < -0.39 is 0 Å². The van der Waals surface area contributed by atoms with Gasteiger partial charge >= 0.3 is 0 Å². The highest BCUT2D eigenvalue weighted by Crippen LogP contribution is 2.17. The second kappa shape index (κ2) is 6.70. The van der Waals surface area contributed by atoms with E-state index in [9.17, 15) is 9.59 Å². The molecule has 1 aromatic rings. The SMILES string of the molecule is C=CC(=O)N1CCN(C(=O)Cc2cccs2)C(CC)C1. The van der Waals surface area contributed by atoms with E-state index in [2.05, 4.69) is 13.5 Å². The number of hydrogen-bond acceptors (Lipinski definition) is 3. The molecule has 108 valence electrons. The maximum Gasteiger partial charge on any atom is 0.246 e. The van der Waals surface area contributed by atoms with Crippen LogP contribution in [0.1, 0.15) is 18.2 Å². The van der Waals surface area contributed by atoms with Gasteiger partial charge in [0.25, 0.3) is 0 Å². The topological polar surface area (TPSA) is 40.6 Å². The largest absolute Gasteiger partial charge is 0.336 e. The molecule has 1 saturated heterocycles. The quantitative estimate of drug-likeness (QED) is 0.796. The lowest BCUT2D eigenvalue weighted by Gasteiger charge is -2.41. The van der Waals surface area contributed by atoms with Crippen LogP contribution in [0.2, 0.25) is 0 Å². The minimum atomic E-state index is -0.0474. The maximum absolute atomic E-state index is 12.4. The molecule has 4 nitrogen and oxygen atoms in total. The van der Waals surface area contributed by atoms with E-state index in [1.807, 2.05) is 22.4 Å². The lowest BCUT2D eigenvalue weighted by Crippen LogP contribution is -2.56. The highest BCUT2D eigenvalue weighted by atomic mass is 32.1. The van der Waals surface area contributed by atoms with Crippen LogP contribution in [0.3, 0.4) is 0 Å². The summed E-state index contributed by atoms with van der Waals surface area (Å²) in [7, 11) is 0. The predicted octanol–water partition coefficient (Wildman–Crippen LogP) is 1.93. The van der Waals surface area contributed by atoms with Crippen molar-refractivity contribution < 1.29 is 9.59 Å². The van der Waals surface area contributed by atoms with Gasteiger partial charge < -0.3 is 9.80 Å². The summed E-state index contributed by atoms with van der Waals surface area (Å²) in [4.78, 5) is 28.8. The zero-order chi connectivity index (χ0) is 14.5. The summed E-state index contributed by atoms with van der Waals surface area (Å²) in [6.45, 7) is 7.39. The monoisotopic (exact) mass is 292 g/mol. The summed E-state index contributed by atoms with van der Waals surface area (Å²) in [5.74, 6) is 0.110. The minimum Gasteiger partial charge on any atom is -0.336 e. The highest BCUT2D eigenvalue weighted by Gasteiger charge is 2.30. The first-order chi connectivity index (χ1) is 9.65.